The first kappa shape index (κ1) is 16.1. The first-order valence-corrected chi connectivity index (χ1v) is 8.59. The summed E-state index contributed by atoms with van der Waals surface area (Å²) < 4.78 is 8.57. The zero-order chi connectivity index (χ0) is 14.5. The van der Waals surface area contributed by atoms with Crippen LogP contribution in [0.3, 0.4) is 0 Å². The summed E-state index contributed by atoms with van der Waals surface area (Å²) in [5.74, 6) is 0.797. The van der Waals surface area contributed by atoms with Crippen LogP contribution in [0.4, 0.5) is 5.69 Å². The molecule has 2 aromatic carbocycles. The van der Waals surface area contributed by atoms with Crippen molar-refractivity contribution in [3.8, 4) is 5.75 Å². The fourth-order valence-corrected chi connectivity index (χ4v) is 4.20. The smallest absolute Gasteiger partial charge is 0.147 e. The van der Waals surface area contributed by atoms with Crippen molar-refractivity contribution in [2.45, 2.75) is 0 Å². The van der Waals surface area contributed by atoms with E-state index in [9.17, 15) is 0 Å². The molecule has 20 heavy (non-hydrogen) atoms. The molecule has 0 spiro atoms. The lowest BCUT2D eigenvalue weighted by atomic mass is 10.3. The van der Waals surface area contributed by atoms with E-state index in [0.717, 1.165) is 29.9 Å². The van der Waals surface area contributed by atoms with Crippen LogP contribution in [0.1, 0.15) is 0 Å². The summed E-state index contributed by atoms with van der Waals surface area (Å²) in [4.78, 5) is 0. The van der Waals surface area contributed by atoms with Gasteiger partial charge in [0.15, 0.2) is 0 Å². The average Bonchev–Trinajstić information content (AvgIpc) is 2.39. The summed E-state index contributed by atoms with van der Waals surface area (Å²) in [5.41, 5.74) is 1.02. The SMILES string of the molecule is Clc1ccc(NCCOc2c(Br)cc(Br)cc2Br)cc1. The largest absolute Gasteiger partial charge is 0.489 e. The molecule has 106 valence electrons. The number of anilines is 1. The van der Waals surface area contributed by atoms with Crippen molar-refractivity contribution in [3.63, 3.8) is 0 Å². The molecule has 0 bridgehead atoms. The first-order valence-electron chi connectivity index (χ1n) is 5.83. The third kappa shape index (κ3) is 4.65. The van der Waals surface area contributed by atoms with E-state index in [4.69, 9.17) is 16.3 Å². The van der Waals surface area contributed by atoms with Crippen LogP contribution in [0.25, 0.3) is 0 Å². The molecule has 0 saturated heterocycles. The lowest BCUT2D eigenvalue weighted by Gasteiger charge is -2.12. The van der Waals surface area contributed by atoms with Crippen LogP contribution in [0, 0.1) is 0 Å². The van der Waals surface area contributed by atoms with Gasteiger partial charge in [0.25, 0.3) is 0 Å². The maximum absolute atomic E-state index is 5.83. The highest BCUT2D eigenvalue weighted by atomic mass is 79.9. The molecule has 0 fully saturated rings. The maximum Gasteiger partial charge on any atom is 0.147 e. The number of ether oxygens (including phenoxy) is 1. The van der Waals surface area contributed by atoms with E-state index in [1.807, 2.05) is 36.4 Å². The Balaban J connectivity index is 1.86. The fourth-order valence-electron chi connectivity index (χ4n) is 1.58. The molecule has 0 amide bonds. The van der Waals surface area contributed by atoms with Gasteiger partial charge in [-0.2, -0.15) is 0 Å². The highest BCUT2D eigenvalue weighted by molar-refractivity contribution is 9.11. The van der Waals surface area contributed by atoms with Gasteiger partial charge in [-0.15, -0.1) is 0 Å². The van der Waals surface area contributed by atoms with Gasteiger partial charge in [-0.25, -0.2) is 0 Å². The van der Waals surface area contributed by atoms with Crippen molar-refractivity contribution in [3.05, 3.63) is 54.8 Å². The van der Waals surface area contributed by atoms with Crippen LogP contribution in [0.2, 0.25) is 5.02 Å². The predicted octanol–water partition coefficient (Wildman–Crippen LogP) is 6.12. The van der Waals surface area contributed by atoms with E-state index in [1.165, 1.54) is 0 Å². The molecule has 0 aliphatic carbocycles. The van der Waals surface area contributed by atoms with E-state index in [-0.39, 0.29) is 0 Å². The zero-order valence-electron chi connectivity index (χ0n) is 10.3. The van der Waals surface area contributed by atoms with E-state index >= 15 is 0 Å². The van der Waals surface area contributed by atoms with Crippen molar-refractivity contribution in [2.24, 2.45) is 0 Å². The van der Waals surface area contributed by atoms with Crippen LogP contribution in [-0.4, -0.2) is 13.2 Å². The molecule has 0 unspecified atom stereocenters. The van der Waals surface area contributed by atoms with Crippen molar-refractivity contribution in [1.82, 2.24) is 0 Å². The number of nitrogens with one attached hydrogen (secondary N) is 1. The second-order valence-corrected chi connectivity index (χ2v) is 7.04. The number of hydrogen-bond donors (Lipinski definition) is 1. The van der Waals surface area contributed by atoms with Crippen molar-refractivity contribution >= 4 is 65.1 Å². The highest BCUT2D eigenvalue weighted by Crippen LogP contribution is 2.36. The summed E-state index contributed by atoms with van der Waals surface area (Å²) in [6.45, 7) is 1.26. The minimum absolute atomic E-state index is 0.557. The Kier molecular flexibility index (Phi) is 6.20. The van der Waals surface area contributed by atoms with Crippen LogP contribution in [0.5, 0.6) is 5.75 Å². The summed E-state index contributed by atoms with van der Waals surface area (Å²) >= 11 is 16.2. The van der Waals surface area contributed by atoms with Crippen LogP contribution < -0.4 is 10.1 Å². The maximum atomic E-state index is 5.83. The summed E-state index contributed by atoms with van der Waals surface area (Å²) in [6.07, 6.45) is 0. The van der Waals surface area contributed by atoms with Gasteiger partial charge in [-0.1, -0.05) is 27.5 Å². The Morgan fingerprint density at radius 2 is 1.60 bits per heavy atom. The fraction of sp³-hybridized carbons (Fsp3) is 0.143. The lowest BCUT2D eigenvalue weighted by molar-refractivity contribution is 0.328. The van der Waals surface area contributed by atoms with E-state index in [0.29, 0.717) is 13.2 Å². The van der Waals surface area contributed by atoms with Gasteiger partial charge in [0.2, 0.25) is 0 Å². The number of benzene rings is 2. The molecule has 0 radical (unpaired) electrons. The van der Waals surface area contributed by atoms with Crippen LogP contribution >= 0.6 is 59.4 Å². The lowest BCUT2D eigenvalue weighted by Crippen LogP contribution is -2.11. The van der Waals surface area contributed by atoms with Crippen molar-refractivity contribution in [2.75, 3.05) is 18.5 Å². The van der Waals surface area contributed by atoms with Gasteiger partial charge >= 0.3 is 0 Å². The van der Waals surface area contributed by atoms with Crippen LogP contribution in [-0.2, 0) is 0 Å². The molecule has 2 rings (SSSR count). The second kappa shape index (κ2) is 7.69. The Bertz CT molecular complexity index is 566. The minimum Gasteiger partial charge on any atom is -0.489 e. The quantitative estimate of drug-likeness (QED) is 0.517. The first-order chi connectivity index (χ1) is 9.56. The monoisotopic (exact) mass is 481 g/mol. The van der Waals surface area contributed by atoms with E-state index in [1.54, 1.807) is 0 Å². The Hall–Kier alpha value is -0.230. The van der Waals surface area contributed by atoms with Gasteiger partial charge in [0.05, 0.1) is 8.95 Å². The molecule has 2 nitrogen and oxygen atoms in total. The van der Waals surface area contributed by atoms with Gasteiger partial charge < -0.3 is 10.1 Å². The summed E-state index contributed by atoms with van der Waals surface area (Å²) in [6, 6.07) is 11.5. The van der Waals surface area contributed by atoms with Gasteiger partial charge in [0, 0.05) is 21.7 Å². The molecule has 0 aromatic heterocycles. The van der Waals surface area contributed by atoms with E-state index < -0.39 is 0 Å². The molecular weight excluding hydrogens is 473 g/mol. The Labute approximate surface area is 148 Å². The molecule has 0 saturated carbocycles. The minimum atomic E-state index is 0.557. The highest BCUT2D eigenvalue weighted by Gasteiger charge is 2.07. The Morgan fingerprint density at radius 3 is 2.20 bits per heavy atom. The van der Waals surface area contributed by atoms with Gasteiger partial charge in [0.1, 0.15) is 12.4 Å². The van der Waals surface area contributed by atoms with Crippen molar-refractivity contribution < 1.29 is 4.74 Å². The Morgan fingerprint density at radius 1 is 1.00 bits per heavy atom. The number of halogens is 4. The number of hydrogen-bond acceptors (Lipinski definition) is 2. The molecule has 1 N–H and O–H groups in total. The average molecular weight is 484 g/mol. The third-order valence-corrected chi connectivity index (χ3v) is 4.37. The zero-order valence-corrected chi connectivity index (χ0v) is 15.8. The van der Waals surface area contributed by atoms with Crippen LogP contribution in [0.15, 0.2) is 49.8 Å². The van der Waals surface area contributed by atoms with Gasteiger partial charge in [-0.3, -0.25) is 0 Å². The molecular formula is C14H11Br3ClNO. The standard InChI is InChI=1S/C14H11Br3ClNO/c15-9-7-12(16)14(13(17)8-9)20-6-5-19-11-3-1-10(18)2-4-11/h1-4,7-8,19H,5-6H2. The summed E-state index contributed by atoms with van der Waals surface area (Å²) in [7, 11) is 0. The third-order valence-electron chi connectivity index (χ3n) is 2.48. The normalized spacial score (nSPS) is 10.4. The molecule has 6 heteroatoms. The molecule has 0 aliphatic heterocycles. The second-order valence-electron chi connectivity index (χ2n) is 3.98. The summed E-state index contributed by atoms with van der Waals surface area (Å²) in [5, 5.41) is 4.00. The van der Waals surface area contributed by atoms with E-state index in [2.05, 4.69) is 53.1 Å². The molecule has 0 heterocycles. The number of rotatable bonds is 5. The predicted molar refractivity (Wildman–Crippen MR) is 95.0 cm³/mol. The topological polar surface area (TPSA) is 21.3 Å². The molecule has 2 aromatic rings. The van der Waals surface area contributed by atoms with Gasteiger partial charge in [-0.05, 0) is 68.3 Å². The van der Waals surface area contributed by atoms with Crippen molar-refractivity contribution in [1.29, 1.82) is 0 Å². The molecule has 0 aliphatic rings. The molecule has 0 atom stereocenters.